The fraction of sp³-hybridized carbons (Fsp3) is 0.250. The molecule has 0 aliphatic heterocycles. The number of amides is 1. The van der Waals surface area contributed by atoms with E-state index >= 15 is 0 Å². The number of ether oxygens (including phenoxy) is 2. The first-order valence-electron chi connectivity index (χ1n) is 11.5. The smallest absolute Gasteiger partial charge is 0.251 e. The molecular weight excluding hydrogens is 460 g/mol. The average Bonchev–Trinajstić information content (AvgIpc) is 3.32. The maximum atomic E-state index is 13.1. The van der Waals surface area contributed by atoms with Crippen LogP contribution in [0.5, 0.6) is 11.5 Å². The third-order valence-electron chi connectivity index (χ3n) is 5.84. The Morgan fingerprint density at radius 2 is 1.83 bits per heavy atom. The Balaban J connectivity index is 1.58. The Morgan fingerprint density at radius 1 is 1.03 bits per heavy atom. The lowest BCUT2D eigenvalue weighted by atomic mass is 10.0. The van der Waals surface area contributed by atoms with Crippen LogP contribution in [0.3, 0.4) is 0 Å². The Labute approximate surface area is 208 Å². The predicted octanol–water partition coefficient (Wildman–Crippen LogP) is 5.85. The number of carbonyl (C=O) groups excluding carboxylic acids is 2. The van der Waals surface area contributed by atoms with Gasteiger partial charge in [-0.05, 0) is 54.8 Å². The van der Waals surface area contributed by atoms with Gasteiger partial charge in [0.05, 0.1) is 26.5 Å². The van der Waals surface area contributed by atoms with E-state index in [9.17, 15) is 9.59 Å². The van der Waals surface area contributed by atoms with Crippen molar-refractivity contribution in [1.29, 1.82) is 0 Å². The monoisotopic (exact) mass is 488 g/mol. The fourth-order valence-corrected chi connectivity index (χ4v) is 5.07. The van der Waals surface area contributed by atoms with E-state index in [1.54, 1.807) is 29.5 Å². The molecule has 0 aliphatic rings. The van der Waals surface area contributed by atoms with Gasteiger partial charge in [-0.3, -0.25) is 9.59 Å². The van der Waals surface area contributed by atoms with E-state index < -0.39 is 0 Å². The number of benzene rings is 2. The number of hydrogen-bond donors (Lipinski definition) is 1. The van der Waals surface area contributed by atoms with Gasteiger partial charge in [0, 0.05) is 26.6 Å². The minimum Gasteiger partial charge on any atom is -0.493 e. The fourth-order valence-electron chi connectivity index (χ4n) is 4.03. The molecule has 0 spiro atoms. The molecule has 0 bridgehead atoms. The quantitative estimate of drug-likeness (QED) is 0.299. The molecule has 1 amide bonds. The van der Waals surface area contributed by atoms with Gasteiger partial charge in [-0.15, -0.1) is 11.3 Å². The van der Waals surface area contributed by atoms with E-state index in [1.165, 1.54) is 24.5 Å². The van der Waals surface area contributed by atoms with Crippen LogP contribution >= 0.6 is 11.3 Å². The second-order valence-corrected chi connectivity index (χ2v) is 9.15. The van der Waals surface area contributed by atoms with Crippen molar-refractivity contribution in [2.45, 2.75) is 26.7 Å². The van der Waals surface area contributed by atoms with Crippen LogP contribution in [0, 0.1) is 6.92 Å². The number of rotatable bonds is 9. The van der Waals surface area contributed by atoms with Gasteiger partial charge >= 0.3 is 0 Å². The van der Waals surface area contributed by atoms with E-state index in [0.717, 1.165) is 35.0 Å². The third-order valence-corrected chi connectivity index (χ3v) is 6.97. The molecule has 0 saturated carbocycles. The number of Topliss-reactive ketones (excluding diaryl/α,β-unsaturated/α-hetero) is 1. The van der Waals surface area contributed by atoms with Crippen molar-refractivity contribution in [2.75, 3.05) is 20.8 Å². The molecule has 2 heterocycles. The van der Waals surface area contributed by atoms with Crippen molar-refractivity contribution >= 4 is 33.1 Å². The molecule has 0 atom stereocenters. The Hall–Kier alpha value is -3.71. The van der Waals surface area contributed by atoms with Crippen LogP contribution in [-0.2, 0) is 6.42 Å². The first-order chi connectivity index (χ1) is 16.9. The minimum absolute atomic E-state index is 0.154. The number of thiophene rings is 1. The summed E-state index contributed by atoms with van der Waals surface area (Å²) < 4.78 is 11.7. The second kappa shape index (κ2) is 10.7. The predicted molar refractivity (Wildman–Crippen MR) is 140 cm³/mol. The Kier molecular flexibility index (Phi) is 7.46. The molecule has 4 aromatic rings. The number of aromatic nitrogens is 1. The van der Waals surface area contributed by atoms with Crippen LogP contribution in [0.25, 0.3) is 21.3 Å². The molecule has 180 valence electrons. The van der Waals surface area contributed by atoms with Gasteiger partial charge in [0.1, 0.15) is 5.69 Å². The summed E-state index contributed by atoms with van der Waals surface area (Å²) in [5.74, 6) is 0.362. The number of fused-ring (bicyclic) bond motifs is 1. The lowest BCUT2D eigenvalue weighted by Crippen LogP contribution is -2.30. The molecule has 0 unspecified atom stereocenters. The molecule has 35 heavy (non-hydrogen) atoms. The number of hydrogen-bond acceptors (Lipinski definition) is 6. The number of nitrogens with zero attached hydrogens (tertiary/aromatic N) is 1. The van der Waals surface area contributed by atoms with Crippen LogP contribution < -0.4 is 14.8 Å². The molecule has 1 N–H and O–H groups in total. The van der Waals surface area contributed by atoms with E-state index in [0.29, 0.717) is 22.8 Å². The van der Waals surface area contributed by atoms with Crippen LogP contribution in [0.1, 0.15) is 45.3 Å². The summed E-state index contributed by atoms with van der Waals surface area (Å²) in [7, 11) is 3.04. The Bertz CT molecular complexity index is 1390. The summed E-state index contributed by atoms with van der Waals surface area (Å²) >= 11 is 1.69. The normalized spacial score (nSPS) is 10.9. The molecule has 0 saturated heterocycles. The molecule has 4 rings (SSSR count). The largest absolute Gasteiger partial charge is 0.493 e. The molecule has 0 aliphatic carbocycles. The summed E-state index contributed by atoms with van der Waals surface area (Å²) in [5, 5.41) is 5.94. The van der Waals surface area contributed by atoms with Crippen molar-refractivity contribution < 1.29 is 19.1 Å². The maximum Gasteiger partial charge on any atom is 0.251 e. The zero-order valence-electron chi connectivity index (χ0n) is 20.3. The summed E-state index contributed by atoms with van der Waals surface area (Å²) in [6.07, 6.45) is 1.80. The van der Waals surface area contributed by atoms with Gasteiger partial charge in [0.15, 0.2) is 17.3 Å². The van der Waals surface area contributed by atoms with Gasteiger partial charge in [-0.1, -0.05) is 31.5 Å². The number of aryl methyl sites for hydroxylation is 2. The second-order valence-electron chi connectivity index (χ2n) is 8.27. The minimum atomic E-state index is -0.372. The number of nitrogens with one attached hydrogen (secondary N) is 1. The molecule has 0 fully saturated rings. The highest BCUT2D eigenvalue weighted by Crippen LogP contribution is 2.35. The zero-order valence-corrected chi connectivity index (χ0v) is 21.1. The lowest BCUT2D eigenvalue weighted by molar-refractivity contribution is 0.0902. The van der Waals surface area contributed by atoms with Gasteiger partial charge in [0.2, 0.25) is 0 Å². The third kappa shape index (κ3) is 5.20. The van der Waals surface area contributed by atoms with Gasteiger partial charge in [-0.25, -0.2) is 4.98 Å². The van der Waals surface area contributed by atoms with Crippen molar-refractivity contribution in [3.63, 3.8) is 0 Å². The molecule has 7 heteroatoms. The van der Waals surface area contributed by atoms with Crippen molar-refractivity contribution in [2.24, 2.45) is 0 Å². The van der Waals surface area contributed by atoms with Crippen LogP contribution in [0.2, 0.25) is 0 Å². The topological polar surface area (TPSA) is 77.5 Å². The molecular formula is C28H28N2O4S. The van der Waals surface area contributed by atoms with Crippen LogP contribution in [0.15, 0.2) is 53.9 Å². The summed E-state index contributed by atoms with van der Waals surface area (Å²) in [6, 6.07) is 15.0. The van der Waals surface area contributed by atoms with Crippen LogP contribution in [-0.4, -0.2) is 37.4 Å². The molecule has 2 aromatic heterocycles. The number of ketones is 1. The van der Waals surface area contributed by atoms with Crippen molar-refractivity contribution in [3.05, 3.63) is 76.3 Å². The maximum absolute atomic E-state index is 13.1. The molecule has 2 aromatic carbocycles. The molecule has 6 nitrogen and oxygen atoms in total. The van der Waals surface area contributed by atoms with Crippen LogP contribution in [0.4, 0.5) is 0 Å². The van der Waals surface area contributed by atoms with E-state index in [-0.39, 0.29) is 18.2 Å². The first kappa shape index (κ1) is 24.4. The zero-order chi connectivity index (χ0) is 24.9. The SMILES string of the molecule is CCCc1cc(C(=O)CNC(=O)c2ccc(OC)c(OC)c2)nc(-c2csc3c(C)cccc23)c1. The van der Waals surface area contributed by atoms with E-state index in [1.807, 2.05) is 12.1 Å². The van der Waals surface area contributed by atoms with Crippen molar-refractivity contribution in [1.82, 2.24) is 10.3 Å². The summed E-state index contributed by atoms with van der Waals surface area (Å²) in [4.78, 5) is 30.5. The average molecular weight is 489 g/mol. The summed E-state index contributed by atoms with van der Waals surface area (Å²) in [5.41, 5.74) is 4.81. The van der Waals surface area contributed by atoms with E-state index in [2.05, 4.69) is 42.7 Å². The summed E-state index contributed by atoms with van der Waals surface area (Å²) in [6.45, 7) is 4.05. The van der Waals surface area contributed by atoms with Gasteiger partial charge < -0.3 is 14.8 Å². The number of methoxy groups -OCH3 is 2. The highest BCUT2D eigenvalue weighted by atomic mass is 32.1. The molecule has 0 radical (unpaired) electrons. The van der Waals surface area contributed by atoms with Gasteiger partial charge in [0.25, 0.3) is 5.91 Å². The highest BCUT2D eigenvalue weighted by molar-refractivity contribution is 7.18. The lowest BCUT2D eigenvalue weighted by Gasteiger charge is -2.11. The van der Waals surface area contributed by atoms with Crippen molar-refractivity contribution in [3.8, 4) is 22.8 Å². The Morgan fingerprint density at radius 3 is 2.57 bits per heavy atom. The van der Waals surface area contributed by atoms with E-state index in [4.69, 9.17) is 14.5 Å². The standard InChI is InChI=1S/C28H28N2O4S/c1-5-7-18-12-22(21-16-35-27-17(2)8-6-9-20(21)27)30-23(13-18)24(31)15-29-28(32)19-10-11-25(33-3)26(14-19)34-4/h6,8-14,16H,5,7,15H2,1-4H3,(H,29,32). The van der Waals surface area contributed by atoms with Gasteiger partial charge in [-0.2, -0.15) is 0 Å². The first-order valence-corrected chi connectivity index (χ1v) is 12.3. The highest BCUT2D eigenvalue weighted by Gasteiger charge is 2.17. The number of carbonyl (C=O) groups is 2. The number of pyridine rings is 1.